The molecule has 53 heavy (non-hydrogen) atoms. The van der Waals surface area contributed by atoms with Crippen LogP contribution in [-0.4, -0.2) is 46.2 Å². The molecule has 10 unspecified atom stereocenters. The monoisotopic (exact) mass is 718 g/mol. The van der Waals surface area contributed by atoms with Gasteiger partial charge in [-0.3, -0.25) is 9.59 Å². The summed E-state index contributed by atoms with van der Waals surface area (Å²) in [4.78, 5) is 24.1. The molecule has 1 heterocycles. The largest absolute Gasteiger partial charge is 0.392 e. The fraction of sp³-hybridized carbons (Fsp3) is 0.792. The van der Waals surface area contributed by atoms with Crippen LogP contribution in [0.4, 0.5) is 0 Å². The van der Waals surface area contributed by atoms with E-state index in [9.17, 15) is 19.8 Å². The molecule has 10 fully saturated rings. The third-order valence-corrected chi connectivity index (χ3v) is 20.2. The zero-order chi connectivity index (χ0) is 35.8. The highest BCUT2D eigenvalue weighted by molar-refractivity contribution is 5.92. The summed E-state index contributed by atoms with van der Waals surface area (Å²) in [5, 5.41) is 21.2. The Morgan fingerprint density at radius 3 is 1.85 bits per heavy atom. The maximum Gasteiger partial charge on any atom is 0.155 e. The third kappa shape index (κ3) is 4.02. The molecular formula is C48H62O5. The molecule has 0 aromatic heterocycles. The lowest BCUT2D eigenvalue weighted by Crippen LogP contribution is -2.56. The first-order valence-corrected chi connectivity index (χ1v) is 22.6. The number of carbonyl (C=O) groups is 2. The van der Waals surface area contributed by atoms with Crippen molar-refractivity contribution in [3.63, 3.8) is 0 Å². The molecule has 0 bridgehead atoms. The van der Waals surface area contributed by atoms with Gasteiger partial charge in [-0.2, -0.15) is 0 Å². The van der Waals surface area contributed by atoms with Crippen LogP contribution in [0.3, 0.4) is 0 Å². The number of aliphatic hydroxyl groups is 2. The second-order valence-electron chi connectivity index (χ2n) is 21.1. The van der Waals surface area contributed by atoms with Crippen molar-refractivity contribution in [1.82, 2.24) is 0 Å². The number of ketones is 2. The first-order valence-electron chi connectivity index (χ1n) is 22.6. The van der Waals surface area contributed by atoms with Gasteiger partial charge in [-0.25, -0.2) is 0 Å². The predicted octanol–water partition coefficient (Wildman–Crippen LogP) is 8.07. The fourth-order valence-electron chi connectivity index (χ4n) is 18.5. The van der Waals surface area contributed by atoms with Crippen LogP contribution in [0.2, 0.25) is 0 Å². The highest BCUT2D eigenvalue weighted by Crippen LogP contribution is 2.82. The van der Waals surface area contributed by atoms with Gasteiger partial charge in [-0.15, -0.1) is 0 Å². The minimum atomic E-state index is -0.714. The van der Waals surface area contributed by atoms with Gasteiger partial charge in [0, 0.05) is 23.7 Å². The molecule has 5 heteroatoms. The summed E-state index contributed by atoms with van der Waals surface area (Å²) in [5.41, 5.74) is 2.90. The molecule has 0 amide bonds. The zero-order valence-corrected chi connectivity index (χ0v) is 32.1. The van der Waals surface area contributed by atoms with E-state index in [4.69, 9.17) is 4.74 Å². The van der Waals surface area contributed by atoms with Crippen LogP contribution in [0.25, 0.3) is 0 Å². The van der Waals surface area contributed by atoms with E-state index in [1.165, 1.54) is 56.9 Å². The van der Waals surface area contributed by atoms with Crippen LogP contribution >= 0.6 is 0 Å². The topological polar surface area (TPSA) is 83.8 Å². The van der Waals surface area contributed by atoms with E-state index in [1.807, 2.05) is 12.2 Å². The number of hydrogen-bond donors (Lipinski definition) is 2. The average Bonchev–Trinajstić information content (AvgIpc) is 4.01. The Kier molecular flexibility index (Phi) is 6.90. The number of aliphatic hydroxyl groups excluding tert-OH is 1. The summed E-state index contributed by atoms with van der Waals surface area (Å²) in [6.07, 6.45) is 29.2. The van der Waals surface area contributed by atoms with Crippen molar-refractivity contribution in [2.45, 2.75) is 115 Å². The lowest BCUT2D eigenvalue weighted by molar-refractivity contribution is -0.145. The van der Waals surface area contributed by atoms with E-state index in [0.29, 0.717) is 46.6 Å². The number of allylic oxidation sites excluding steroid dienone is 2. The zero-order valence-electron chi connectivity index (χ0n) is 32.1. The maximum absolute atomic E-state index is 12.0. The quantitative estimate of drug-likeness (QED) is 0.288. The van der Waals surface area contributed by atoms with Crippen molar-refractivity contribution in [1.29, 1.82) is 0 Å². The van der Waals surface area contributed by atoms with Gasteiger partial charge in [0.25, 0.3) is 0 Å². The number of hydrogen-bond acceptors (Lipinski definition) is 5. The molecule has 0 aromatic rings. The van der Waals surface area contributed by atoms with E-state index < -0.39 is 5.60 Å². The lowest BCUT2D eigenvalue weighted by atomic mass is 9.47. The van der Waals surface area contributed by atoms with Crippen LogP contribution in [0.1, 0.15) is 104 Å². The van der Waals surface area contributed by atoms with Crippen molar-refractivity contribution >= 4 is 11.6 Å². The SMILES string of the molecule is CC[C@]12CCC3C(C4CC4C4=CC(=O)CC[C@@H]43)C1[C@@H]1C[C@@H]1[C@@]2(O)/C=C\CO.CC[C@]12CCC3C(C4CC4C4=CC(=O)CC[C@@H]43)C1[C@@H]1C[C@@H]1[C@@]21C=CCO1. The van der Waals surface area contributed by atoms with Crippen molar-refractivity contribution in [3.8, 4) is 0 Å². The van der Waals surface area contributed by atoms with Crippen LogP contribution in [0.5, 0.6) is 0 Å². The Balaban J connectivity index is 0.000000119. The van der Waals surface area contributed by atoms with Crippen LogP contribution in [-0.2, 0) is 14.3 Å². The second-order valence-corrected chi connectivity index (χ2v) is 21.1. The van der Waals surface area contributed by atoms with Crippen LogP contribution in [0.15, 0.2) is 47.6 Å². The summed E-state index contributed by atoms with van der Waals surface area (Å²) < 4.78 is 6.60. The van der Waals surface area contributed by atoms with Gasteiger partial charge in [-0.1, -0.05) is 49.3 Å². The molecule has 13 rings (SSSR count). The van der Waals surface area contributed by atoms with Gasteiger partial charge in [0.1, 0.15) is 0 Å². The lowest BCUT2D eigenvalue weighted by Gasteiger charge is -2.58. The van der Waals surface area contributed by atoms with Gasteiger partial charge >= 0.3 is 0 Å². The standard InChI is InChI=1S/C24H32O3.C24H30O2/c1-2-23-8-6-15-14-5-4-13(26)10-16(14)17-11-18(17)21(15)22(23)19-12-20(19)24(23,27)7-3-9-25;1-2-23-8-6-15-14-5-4-13(25)10-16(14)17-11-18(17)21(15)22(23)19-12-20(19)24(23)7-3-9-26-24/h3,7,10,14-15,17-22,25,27H,2,4-6,8-9,11-12H2,1H3;3,7,10,14-15,17-22H,2,4-6,8-9,11-12H2,1H3/b7-3-;/t2*14-,15?,17?,18?,19-,20+,21?,22?,23+,24+/m11/s1. The van der Waals surface area contributed by atoms with Gasteiger partial charge < -0.3 is 14.9 Å². The van der Waals surface area contributed by atoms with Gasteiger partial charge in [-0.05, 0) is 184 Å². The van der Waals surface area contributed by atoms with E-state index in [-0.39, 0.29) is 17.6 Å². The number of carbonyl (C=O) groups excluding carboxylic acids is 2. The normalized spacial score (nSPS) is 58.9. The molecule has 0 aromatic carbocycles. The molecule has 0 saturated heterocycles. The molecule has 20 atom stereocenters. The van der Waals surface area contributed by atoms with E-state index in [1.54, 1.807) is 11.6 Å². The molecule has 1 aliphatic heterocycles. The Labute approximate surface area is 316 Å². The molecule has 12 aliphatic carbocycles. The summed E-state index contributed by atoms with van der Waals surface area (Å²) in [5.74, 6) is 12.9. The van der Waals surface area contributed by atoms with Gasteiger partial charge in [0.15, 0.2) is 11.6 Å². The number of fused-ring (bicyclic) bond motifs is 22. The summed E-state index contributed by atoms with van der Waals surface area (Å²) in [6, 6.07) is 0. The minimum Gasteiger partial charge on any atom is -0.392 e. The van der Waals surface area contributed by atoms with Crippen molar-refractivity contribution in [3.05, 3.63) is 47.6 Å². The molecule has 284 valence electrons. The van der Waals surface area contributed by atoms with Crippen molar-refractivity contribution in [2.24, 2.45) is 106 Å². The highest BCUT2D eigenvalue weighted by Gasteiger charge is 2.80. The summed E-state index contributed by atoms with van der Waals surface area (Å²) in [6.45, 7) is 5.60. The molecule has 0 radical (unpaired) electrons. The highest BCUT2D eigenvalue weighted by atomic mass is 16.5. The molecule has 10 saturated carbocycles. The Bertz CT molecular complexity index is 1770. The summed E-state index contributed by atoms with van der Waals surface area (Å²) in [7, 11) is 0. The molecule has 2 N–H and O–H groups in total. The number of rotatable bonds is 4. The fourth-order valence-corrected chi connectivity index (χ4v) is 18.5. The number of ether oxygens (including phenoxy) is 1. The maximum atomic E-state index is 12.0. The summed E-state index contributed by atoms with van der Waals surface area (Å²) >= 11 is 0. The Morgan fingerprint density at radius 1 is 0.717 bits per heavy atom. The Morgan fingerprint density at radius 2 is 1.28 bits per heavy atom. The van der Waals surface area contributed by atoms with Gasteiger partial charge in [0.05, 0.1) is 24.4 Å². The van der Waals surface area contributed by atoms with Crippen molar-refractivity contribution in [2.75, 3.05) is 13.2 Å². The van der Waals surface area contributed by atoms with E-state index in [2.05, 4.69) is 32.1 Å². The second kappa shape index (κ2) is 11.0. The minimum absolute atomic E-state index is 0.00621. The van der Waals surface area contributed by atoms with Gasteiger partial charge in [0.2, 0.25) is 0 Å². The smallest absolute Gasteiger partial charge is 0.155 e. The molecule has 1 spiro atoms. The predicted molar refractivity (Wildman–Crippen MR) is 202 cm³/mol. The average molecular weight is 719 g/mol. The molecular weight excluding hydrogens is 657 g/mol. The van der Waals surface area contributed by atoms with E-state index >= 15 is 0 Å². The van der Waals surface area contributed by atoms with Crippen LogP contribution in [0, 0.1) is 106 Å². The third-order valence-electron chi connectivity index (χ3n) is 20.2. The van der Waals surface area contributed by atoms with Crippen LogP contribution < -0.4 is 0 Å². The Hall–Kier alpha value is -1.82. The molecule has 5 nitrogen and oxygen atoms in total. The first-order chi connectivity index (χ1) is 25.8. The first kappa shape index (κ1) is 33.3. The van der Waals surface area contributed by atoms with E-state index in [0.717, 1.165) is 110 Å². The molecule has 13 aliphatic rings. The van der Waals surface area contributed by atoms with Crippen molar-refractivity contribution < 1.29 is 24.5 Å².